The molecule has 3 aromatic rings. The number of nitrogens with one attached hydrogen (secondary N) is 1. The third-order valence-electron chi connectivity index (χ3n) is 2.96. The average molecular weight is 285 g/mol. The molecule has 0 aliphatic heterocycles. The lowest BCUT2D eigenvalue weighted by Gasteiger charge is -2.08. The van der Waals surface area contributed by atoms with E-state index in [1.54, 1.807) is 30.6 Å². The van der Waals surface area contributed by atoms with Crippen LogP contribution in [0.5, 0.6) is 0 Å². The summed E-state index contributed by atoms with van der Waals surface area (Å²) in [4.78, 5) is 28.9. The Kier molecular flexibility index (Phi) is 3.08. The van der Waals surface area contributed by atoms with Crippen LogP contribution in [-0.4, -0.2) is 15.5 Å². The van der Waals surface area contributed by atoms with Crippen molar-refractivity contribution in [2.24, 2.45) is 7.05 Å². The fraction of sp³-hybridized carbons (Fsp3) is 0.0714. The number of benzene rings is 1. The van der Waals surface area contributed by atoms with Crippen molar-refractivity contribution in [3.8, 4) is 0 Å². The Balaban J connectivity index is 2.06. The zero-order chi connectivity index (χ0) is 14.1. The van der Waals surface area contributed by atoms with Crippen molar-refractivity contribution < 1.29 is 4.79 Å². The fourth-order valence-electron chi connectivity index (χ4n) is 1.94. The standard InChI is InChI=1S/C14H11N3O2S/c1-17-10-6-3-2-5-9(10)15-12(14(17)19)16-13(18)11-7-4-8-20-11/h2-8H,1H3,(H,15,16,18). The summed E-state index contributed by atoms with van der Waals surface area (Å²) in [5.41, 5.74) is 1.07. The molecular weight excluding hydrogens is 274 g/mol. The highest BCUT2D eigenvalue weighted by Crippen LogP contribution is 2.13. The number of para-hydroxylation sites is 2. The second-order valence-corrected chi connectivity index (χ2v) is 5.19. The molecule has 2 aromatic heterocycles. The van der Waals surface area contributed by atoms with Crippen LogP contribution in [0.3, 0.4) is 0 Å². The SMILES string of the molecule is Cn1c(=O)c(NC(=O)c2cccs2)nc2ccccc21. The number of rotatable bonds is 2. The smallest absolute Gasteiger partial charge is 0.293 e. The first-order valence-corrected chi connectivity index (χ1v) is 6.85. The van der Waals surface area contributed by atoms with Gasteiger partial charge >= 0.3 is 0 Å². The molecule has 1 N–H and O–H groups in total. The Morgan fingerprint density at radius 1 is 1.25 bits per heavy atom. The van der Waals surface area contributed by atoms with Gasteiger partial charge in [0.1, 0.15) is 0 Å². The summed E-state index contributed by atoms with van der Waals surface area (Å²) in [5, 5.41) is 4.38. The van der Waals surface area contributed by atoms with E-state index >= 15 is 0 Å². The number of hydrogen-bond donors (Lipinski definition) is 1. The second-order valence-electron chi connectivity index (χ2n) is 4.24. The number of carbonyl (C=O) groups is 1. The molecule has 0 aliphatic carbocycles. The molecule has 2 heterocycles. The van der Waals surface area contributed by atoms with Gasteiger partial charge in [-0.15, -0.1) is 11.3 Å². The van der Waals surface area contributed by atoms with E-state index in [0.717, 1.165) is 5.52 Å². The number of aromatic nitrogens is 2. The normalized spacial score (nSPS) is 10.7. The second kappa shape index (κ2) is 4.90. The minimum Gasteiger partial charge on any atom is -0.307 e. The summed E-state index contributed by atoms with van der Waals surface area (Å²) in [6.07, 6.45) is 0. The van der Waals surface area contributed by atoms with Crippen molar-refractivity contribution in [3.05, 3.63) is 57.0 Å². The maximum atomic E-state index is 12.2. The van der Waals surface area contributed by atoms with Crippen molar-refractivity contribution >= 4 is 34.1 Å². The van der Waals surface area contributed by atoms with E-state index in [-0.39, 0.29) is 17.3 Å². The van der Waals surface area contributed by atoms with Gasteiger partial charge in [-0.1, -0.05) is 18.2 Å². The molecular formula is C14H11N3O2S. The van der Waals surface area contributed by atoms with Gasteiger partial charge < -0.3 is 9.88 Å². The van der Waals surface area contributed by atoms with Crippen LogP contribution in [0.1, 0.15) is 9.67 Å². The van der Waals surface area contributed by atoms with E-state index in [2.05, 4.69) is 10.3 Å². The minimum atomic E-state index is -0.325. The summed E-state index contributed by atoms with van der Waals surface area (Å²) in [7, 11) is 1.66. The number of aryl methyl sites for hydroxylation is 1. The summed E-state index contributed by atoms with van der Waals surface area (Å²) in [5.74, 6) is -0.274. The number of hydrogen-bond acceptors (Lipinski definition) is 4. The molecule has 20 heavy (non-hydrogen) atoms. The average Bonchev–Trinajstić information content (AvgIpc) is 2.99. The molecule has 0 aliphatic rings. The van der Waals surface area contributed by atoms with Gasteiger partial charge in [0.15, 0.2) is 5.82 Å². The number of nitrogens with zero attached hydrogens (tertiary/aromatic N) is 2. The molecule has 0 bridgehead atoms. The van der Waals surface area contributed by atoms with E-state index < -0.39 is 0 Å². The molecule has 0 saturated carbocycles. The number of anilines is 1. The first-order valence-electron chi connectivity index (χ1n) is 5.97. The van der Waals surface area contributed by atoms with Gasteiger partial charge in [-0.25, -0.2) is 4.98 Å². The van der Waals surface area contributed by atoms with Gasteiger partial charge in [0.25, 0.3) is 11.5 Å². The Morgan fingerprint density at radius 3 is 2.80 bits per heavy atom. The van der Waals surface area contributed by atoms with Crippen molar-refractivity contribution in [1.29, 1.82) is 0 Å². The first kappa shape index (κ1) is 12.6. The van der Waals surface area contributed by atoms with E-state index in [1.807, 2.05) is 18.2 Å². The highest BCUT2D eigenvalue weighted by atomic mass is 32.1. The first-order chi connectivity index (χ1) is 9.66. The zero-order valence-electron chi connectivity index (χ0n) is 10.7. The molecule has 3 rings (SSSR count). The predicted octanol–water partition coefficient (Wildman–Crippen LogP) is 2.25. The monoisotopic (exact) mass is 285 g/mol. The van der Waals surface area contributed by atoms with Crippen LogP contribution in [-0.2, 0) is 7.05 Å². The molecule has 1 aromatic carbocycles. The Labute approximate surface area is 118 Å². The van der Waals surface area contributed by atoms with Crippen LogP contribution in [0.4, 0.5) is 5.82 Å². The van der Waals surface area contributed by atoms with Gasteiger partial charge in [0.2, 0.25) is 0 Å². The maximum Gasteiger partial charge on any atom is 0.293 e. The molecule has 1 amide bonds. The van der Waals surface area contributed by atoms with Crippen LogP contribution >= 0.6 is 11.3 Å². The Bertz CT molecular complexity index is 837. The molecule has 0 saturated heterocycles. The molecule has 6 heteroatoms. The van der Waals surface area contributed by atoms with Gasteiger partial charge in [-0.05, 0) is 23.6 Å². The van der Waals surface area contributed by atoms with Gasteiger partial charge in [-0.3, -0.25) is 9.59 Å². The van der Waals surface area contributed by atoms with Crippen molar-refractivity contribution in [1.82, 2.24) is 9.55 Å². The van der Waals surface area contributed by atoms with Gasteiger partial charge in [-0.2, -0.15) is 0 Å². The van der Waals surface area contributed by atoms with Crippen LogP contribution in [0.25, 0.3) is 11.0 Å². The maximum absolute atomic E-state index is 12.2. The molecule has 5 nitrogen and oxygen atoms in total. The molecule has 0 atom stereocenters. The fourth-order valence-corrected chi connectivity index (χ4v) is 2.56. The van der Waals surface area contributed by atoms with Gasteiger partial charge in [0.05, 0.1) is 15.9 Å². The van der Waals surface area contributed by atoms with Crippen LogP contribution in [0.2, 0.25) is 0 Å². The topological polar surface area (TPSA) is 64.0 Å². The molecule has 100 valence electrons. The molecule has 0 radical (unpaired) electrons. The summed E-state index contributed by atoms with van der Waals surface area (Å²) in [6, 6.07) is 10.8. The van der Waals surface area contributed by atoms with E-state index in [1.165, 1.54) is 15.9 Å². The number of carbonyl (C=O) groups excluding carboxylic acids is 1. The number of fused-ring (bicyclic) bond motifs is 1. The summed E-state index contributed by atoms with van der Waals surface area (Å²) in [6.45, 7) is 0. The van der Waals surface area contributed by atoms with E-state index in [0.29, 0.717) is 10.4 Å². The largest absolute Gasteiger partial charge is 0.307 e. The molecule has 0 fully saturated rings. The highest BCUT2D eigenvalue weighted by Gasteiger charge is 2.13. The van der Waals surface area contributed by atoms with Crippen molar-refractivity contribution in [3.63, 3.8) is 0 Å². The Hall–Kier alpha value is -2.47. The highest BCUT2D eigenvalue weighted by molar-refractivity contribution is 7.12. The summed E-state index contributed by atoms with van der Waals surface area (Å²) >= 11 is 1.32. The van der Waals surface area contributed by atoms with E-state index in [4.69, 9.17) is 0 Å². The van der Waals surface area contributed by atoms with Crippen molar-refractivity contribution in [2.45, 2.75) is 0 Å². The minimum absolute atomic E-state index is 0.0459. The lowest BCUT2D eigenvalue weighted by Crippen LogP contribution is -2.25. The summed E-state index contributed by atoms with van der Waals surface area (Å²) < 4.78 is 1.48. The quantitative estimate of drug-likeness (QED) is 0.785. The van der Waals surface area contributed by atoms with Crippen molar-refractivity contribution in [2.75, 3.05) is 5.32 Å². The lowest BCUT2D eigenvalue weighted by atomic mass is 10.3. The third-order valence-corrected chi connectivity index (χ3v) is 3.83. The predicted molar refractivity (Wildman–Crippen MR) is 79.3 cm³/mol. The van der Waals surface area contributed by atoms with Crippen LogP contribution < -0.4 is 10.9 Å². The van der Waals surface area contributed by atoms with Crippen LogP contribution in [0.15, 0.2) is 46.6 Å². The van der Waals surface area contributed by atoms with Gasteiger partial charge in [0, 0.05) is 7.05 Å². The number of amides is 1. The Morgan fingerprint density at radius 2 is 2.05 bits per heavy atom. The third kappa shape index (κ3) is 2.10. The number of thiophene rings is 1. The lowest BCUT2D eigenvalue weighted by molar-refractivity contribution is 0.103. The molecule has 0 spiro atoms. The zero-order valence-corrected chi connectivity index (χ0v) is 11.5. The molecule has 0 unspecified atom stereocenters. The van der Waals surface area contributed by atoms with Crippen LogP contribution in [0, 0.1) is 0 Å². The van der Waals surface area contributed by atoms with E-state index in [9.17, 15) is 9.59 Å².